The molecule has 2 aromatic rings. The normalized spacial score (nSPS) is 24.2. The zero-order valence-electron chi connectivity index (χ0n) is 17.1. The van der Waals surface area contributed by atoms with Gasteiger partial charge in [-0.25, -0.2) is 9.50 Å². The molecule has 0 radical (unpaired) electrons. The molecule has 30 heavy (non-hydrogen) atoms. The van der Waals surface area contributed by atoms with Gasteiger partial charge >= 0.3 is 0 Å². The molecule has 2 amide bonds. The van der Waals surface area contributed by atoms with Crippen molar-refractivity contribution in [2.24, 2.45) is 0 Å². The summed E-state index contributed by atoms with van der Waals surface area (Å²) in [7, 11) is 0. The van der Waals surface area contributed by atoms with E-state index in [2.05, 4.69) is 20.3 Å². The number of hydrogen-bond donors (Lipinski definition) is 1. The summed E-state index contributed by atoms with van der Waals surface area (Å²) in [6.45, 7) is 3.11. The zero-order chi connectivity index (χ0) is 20.5. The van der Waals surface area contributed by atoms with E-state index in [0.717, 1.165) is 32.0 Å². The van der Waals surface area contributed by atoms with Crippen molar-refractivity contribution in [1.82, 2.24) is 29.7 Å². The van der Waals surface area contributed by atoms with Crippen molar-refractivity contribution in [3.63, 3.8) is 0 Å². The van der Waals surface area contributed by atoms with Gasteiger partial charge in [-0.2, -0.15) is 5.10 Å². The number of nitrogens with zero attached hydrogens (tertiary/aromatic N) is 5. The van der Waals surface area contributed by atoms with Crippen LogP contribution in [0.1, 0.15) is 42.6 Å². The van der Waals surface area contributed by atoms with E-state index >= 15 is 0 Å². The number of aromatic nitrogens is 3. The molecule has 1 aliphatic carbocycles. The summed E-state index contributed by atoms with van der Waals surface area (Å²) in [6.07, 6.45) is 9.26. The summed E-state index contributed by atoms with van der Waals surface area (Å²) < 4.78 is 7.26. The van der Waals surface area contributed by atoms with Gasteiger partial charge in [-0.1, -0.05) is 6.42 Å². The fraction of sp³-hybridized carbons (Fsp3) is 0.619. The summed E-state index contributed by atoms with van der Waals surface area (Å²) in [5.74, 6) is -0.201. The molecule has 160 valence electrons. The fourth-order valence-electron chi connectivity index (χ4n) is 4.67. The van der Waals surface area contributed by atoms with Gasteiger partial charge in [0.05, 0.1) is 6.10 Å². The Hall–Kier alpha value is -2.52. The Balaban J connectivity index is 1.14. The molecular weight excluding hydrogens is 384 g/mol. The van der Waals surface area contributed by atoms with E-state index in [1.54, 1.807) is 29.0 Å². The molecule has 0 bridgehead atoms. The second-order valence-electron chi connectivity index (χ2n) is 8.49. The first-order valence-electron chi connectivity index (χ1n) is 10.9. The van der Waals surface area contributed by atoms with E-state index in [9.17, 15) is 9.59 Å². The number of rotatable bonds is 5. The third-order valence-corrected chi connectivity index (χ3v) is 6.65. The van der Waals surface area contributed by atoms with Crippen molar-refractivity contribution in [3.05, 3.63) is 30.2 Å². The van der Waals surface area contributed by atoms with E-state index in [-0.39, 0.29) is 30.6 Å². The summed E-state index contributed by atoms with van der Waals surface area (Å²) >= 11 is 0. The summed E-state index contributed by atoms with van der Waals surface area (Å²) in [5.41, 5.74) is 0.947. The van der Waals surface area contributed by atoms with Crippen LogP contribution in [0.3, 0.4) is 0 Å². The molecule has 4 heterocycles. The molecule has 0 aromatic carbocycles. The third-order valence-electron chi connectivity index (χ3n) is 6.65. The van der Waals surface area contributed by atoms with Gasteiger partial charge in [-0.05, 0) is 31.7 Å². The highest BCUT2D eigenvalue weighted by atomic mass is 16.5. The number of likely N-dealkylation sites (tertiary alicyclic amines) is 1. The first kappa shape index (κ1) is 19.4. The van der Waals surface area contributed by atoms with Gasteiger partial charge < -0.3 is 19.9 Å². The number of fused-ring (bicyclic) bond motifs is 1. The van der Waals surface area contributed by atoms with Crippen LogP contribution in [0.15, 0.2) is 24.5 Å². The van der Waals surface area contributed by atoms with Gasteiger partial charge in [-0.15, -0.1) is 0 Å². The van der Waals surface area contributed by atoms with Crippen molar-refractivity contribution in [3.8, 4) is 0 Å². The van der Waals surface area contributed by atoms with Crippen LogP contribution in [0.5, 0.6) is 0 Å². The summed E-state index contributed by atoms with van der Waals surface area (Å²) in [5, 5.41) is 7.13. The Labute approximate surface area is 175 Å². The molecule has 3 fully saturated rings. The van der Waals surface area contributed by atoms with E-state index in [0.29, 0.717) is 24.4 Å². The van der Waals surface area contributed by atoms with E-state index in [1.165, 1.54) is 19.3 Å². The van der Waals surface area contributed by atoms with Crippen LogP contribution >= 0.6 is 0 Å². The first-order valence-corrected chi connectivity index (χ1v) is 10.9. The van der Waals surface area contributed by atoms with Crippen LogP contribution in [0.4, 0.5) is 0 Å². The van der Waals surface area contributed by atoms with E-state index in [4.69, 9.17) is 4.74 Å². The van der Waals surface area contributed by atoms with Crippen molar-refractivity contribution in [2.45, 2.75) is 50.3 Å². The van der Waals surface area contributed by atoms with Crippen molar-refractivity contribution in [1.29, 1.82) is 0 Å². The number of morpholine rings is 1. The van der Waals surface area contributed by atoms with E-state index < -0.39 is 0 Å². The first-order chi connectivity index (χ1) is 14.7. The quantitative estimate of drug-likeness (QED) is 0.778. The Morgan fingerprint density at radius 2 is 2.03 bits per heavy atom. The summed E-state index contributed by atoms with van der Waals surface area (Å²) in [4.78, 5) is 33.7. The Kier molecular flexibility index (Phi) is 5.39. The molecule has 1 atom stereocenters. The van der Waals surface area contributed by atoms with Crippen molar-refractivity contribution >= 4 is 17.5 Å². The lowest BCUT2D eigenvalue weighted by Crippen LogP contribution is -2.57. The fourth-order valence-corrected chi connectivity index (χ4v) is 4.67. The number of hydrogen-bond acceptors (Lipinski definition) is 6. The maximum absolute atomic E-state index is 12.5. The largest absolute Gasteiger partial charge is 0.365 e. The number of nitrogens with one attached hydrogen (secondary N) is 1. The number of ether oxygens (including phenoxy) is 1. The van der Waals surface area contributed by atoms with Gasteiger partial charge in [0, 0.05) is 56.7 Å². The highest BCUT2D eigenvalue weighted by Gasteiger charge is 2.35. The molecule has 1 saturated carbocycles. The summed E-state index contributed by atoms with van der Waals surface area (Å²) in [6, 6.07) is 4.47. The molecule has 3 aliphatic rings. The standard InChI is InChI=1S/C21H28N6O3/c28-20-14-30-17(12-23-21(29)18-11-19-22-7-2-8-27(19)24-18)13-26(20)16-5-9-25(10-6-16)15-3-1-4-15/h2,7-8,11,15-17H,1,3-6,9-10,12-14H2,(H,23,29). The predicted octanol–water partition coefficient (Wildman–Crippen LogP) is 0.703. The van der Waals surface area contributed by atoms with Crippen LogP contribution in [0.25, 0.3) is 5.65 Å². The minimum atomic E-state index is -0.263. The lowest BCUT2D eigenvalue weighted by Gasteiger charge is -2.45. The smallest absolute Gasteiger partial charge is 0.271 e. The molecule has 2 saturated heterocycles. The Morgan fingerprint density at radius 1 is 1.20 bits per heavy atom. The van der Waals surface area contributed by atoms with Crippen LogP contribution in [-0.4, -0.2) is 87.2 Å². The highest BCUT2D eigenvalue weighted by Crippen LogP contribution is 2.29. The second-order valence-corrected chi connectivity index (χ2v) is 8.49. The van der Waals surface area contributed by atoms with Crippen LogP contribution < -0.4 is 5.32 Å². The van der Waals surface area contributed by atoms with Gasteiger partial charge in [0.15, 0.2) is 11.3 Å². The third kappa shape index (κ3) is 3.91. The second kappa shape index (κ2) is 8.31. The predicted molar refractivity (Wildman–Crippen MR) is 109 cm³/mol. The molecule has 2 aromatic heterocycles. The van der Waals surface area contributed by atoms with Crippen LogP contribution in [0, 0.1) is 0 Å². The number of amides is 2. The highest BCUT2D eigenvalue weighted by molar-refractivity contribution is 5.93. The Morgan fingerprint density at radius 3 is 2.77 bits per heavy atom. The molecule has 9 heteroatoms. The number of carbonyl (C=O) groups excluding carboxylic acids is 2. The number of carbonyl (C=O) groups is 2. The molecule has 1 unspecified atom stereocenters. The molecule has 1 N–H and O–H groups in total. The maximum Gasteiger partial charge on any atom is 0.271 e. The van der Waals surface area contributed by atoms with Gasteiger partial charge in [-0.3, -0.25) is 9.59 Å². The maximum atomic E-state index is 12.5. The number of piperidine rings is 1. The SMILES string of the molecule is O=C(NCC1CN(C2CCN(C3CCC3)CC2)C(=O)CO1)c1cc2ncccn2n1. The molecular formula is C21H28N6O3. The van der Waals surface area contributed by atoms with Gasteiger partial charge in [0.25, 0.3) is 5.91 Å². The minimum Gasteiger partial charge on any atom is -0.365 e. The lowest BCUT2D eigenvalue weighted by atomic mass is 9.89. The van der Waals surface area contributed by atoms with Crippen molar-refractivity contribution < 1.29 is 14.3 Å². The van der Waals surface area contributed by atoms with Gasteiger partial charge in [0.1, 0.15) is 6.61 Å². The monoisotopic (exact) mass is 412 g/mol. The topological polar surface area (TPSA) is 92.1 Å². The van der Waals surface area contributed by atoms with Crippen LogP contribution in [0.2, 0.25) is 0 Å². The zero-order valence-corrected chi connectivity index (χ0v) is 17.1. The average Bonchev–Trinajstić information content (AvgIpc) is 3.17. The minimum absolute atomic E-state index is 0.0612. The molecule has 5 rings (SSSR count). The lowest BCUT2D eigenvalue weighted by molar-refractivity contribution is -0.153. The van der Waals surface area contributed by atoms with Gasteiger partial charge in [0.2, 0.25) is 5.91 Å². The average molecular weight is 412 g/mol. The Bertz CT molecular complexity index is 885. The van der Waals surface area contributed by atoms with E-state index in [1.807, 2.05) is 4.90 Å². The molecule has 0 spiro atoms. The van der Waals surface area contributed by atoms with Crippen LogP contribution in [-0.2, 0) is 9.53 Å². The molecule has 2 aliphatic heterocycles. The molecule has 9 nitrogen and oxygen atoms in total. The van der Waals surface area contributed by atoms with Crippen molar-refractivity contribution in [2.75, 3.05) is 32.8 Å².